The number of halogens is 3. The van der Waals surface area contributed by atoms with Crippen molar-refractivity contribution >= 4 is 44.8 Å². The van der Waals surface area contributed by atoms with Crippen LogP contribution in [0.5, 0.6) is 11.5 Å². The Hall–Kier alpha value is -1.10. The second-order valence-electron chi connectivity index (χ2n) is 4.25. The molecule has 0 radical (unpaired) electrons. The van der Waals surface area contributed by atoms with Crippen molar-refractivity contribution in [1.82, 2.24) is 0 Å². The maximum atomic E-state index is 6.15. The number of anilines is 1. The average Bonchev–Trinajstić information content (AvgIpc) is 2.49. The van der Waals surface area contributed by atoms with Gasteiger partial charge >= 0.3 is 0 Å². The van der Waals surface area contributed by atoms with E-state index in [2.05, 4.69) is 21.2 Å². The number of methoxy groups -OCH3 is 2. The maximum absolute atomic E-state index is 6.15. The van der Waals surface area contributed by atoms with Crippen LogP contribution in [-0.2, 0) is 6.54 Å². The van der Waals surface area contributed by atoms with Crippen molar-refractivity contribution in [3.05, 3.63) is 50.4 Å². The van der Waals surface area contributed by atoms with E-state index in [-0.39, 0.29) is 0 Å². The third-order valence-corrected chi connectivity index (χ3v) is 4.53. The van der Waals surface area contributed by atoms with Gasteiger partial charge in [-0.3, -0.25) is 0 Å². The summed E-state index contributed by atoms with van der Waals surface area (Å²) in [4.78, 5) is 0. The van der Waals surface area contributed by atoms with E-state index in [1.165, 1.54) is 0 Å². The van der Waals surface area contributed by atoms with Gasteiger partial charge in [0, 0.05) is 11.0 Å². The topological polar surface area (TPSA) is 30.5 Å². The first kappa shape index (κ1) is 16.3. The van der Waals surface area contributed by atoms with Crippen LogP contribution in [0.2, 0.25) is 10.0 Å². The third kappa shape index (κ3) is 3.76. The Labute approximate surface area is 142 Å². The molecule has 0 saturated carbocycles. The normalized spacial score (nSPS) is 10.3. The molecule has 0 bridgehead atoms. The first-order valence-electron chi connectivity index (χ1n) is 6.15. The number of benzene rings is 2. The van der Waals surface area contributed by atoms with Crippen molar-refractivity contribution in [3.63, 3.8) is 0 Å². The van der Waals surface area contributed by atoms with Crippen molar-refractivity contribution in [2.24, 2.45) is 0 Å². The van der Waals surface area contributed by atoms with Gasteiger partial charge in [-0.25, -0.2) is 0 Å². The van der Waals surface area contributed by atoms with E-state index in [0.717, 1.165) is 15.7 Å². The number of ether oxygens (including phenoxy) is 2. The number of rotatable bonds is 5. The van der Waals surface area contributed by atoms with Gasteiger partial charge < -0.3 is 14.8 Å². The fourth-order valence-corrected chi connectivity index (χ4v) is 2.69. The first-order valence-corrected chi connectivity index (χ1v) is 7.70. The molecular formula is C15H14BrCl2NO2. The highest BCUT2D eigenvalue weighted by Crippen LogP contribution is 2.34. The monoisotopic (exact) mass is 389 g/mol. The van der Waals surface area contributed by atoms with Crippen molar-refractivity contribution < 1.29 is 9.47 Å². The largest absolute Gasteiger partial charge is 0.493 e. The van der Waals surface area contributed by atoms with Crippen molar-refractivity contribution in [3.8, 4) is 11.5 Å². The predicted octanol–water partition coefficient (Wildman–Crippen LogP) is 5.39. The van der Waals surface area contributed by atoms with Gasteiger partial charge in [0.1, 0.15) is 0 Å². The molecule has 0 saturated heterocycles. The summed E-state index contributed by atoms with van der Waals surface area (Å²) in [6.45, 7) is 0.570. The summed E-state index contributed by atoms with van der Waals surface area (Å²) in [6.07, 6.45) is 0. The number of nitrogens with one attached hydrogen (secondary N) is 1. The minimum absolute atomic E-state index is 0.510. The first-order chi connectivity index (χ1) is 10.1. The molecule has 2 rings (SSSR count). The van der Waals surface area contributed by atoms with Crippen LogP contribution >= 0.6 is 39.1 Å². The van der Waals surface area contributed by atoms with Crippen LogP contribution in [0.15, 0.2) is 34.8 Å². The van der Waals surface area contributed by atoms with Gasteiger partial charge in [-0.15, -0.1) is 0 Å². The molecule has 0 amide bonds. The molecule has 0 atom stereocenters. The lowest BCUT2D eigenvalue weighted by atomic mass is 10.2. The lowest BCUT2D eigenvalue weighted by Crippen LogP contribution is -2.02. The van der Waals surface area contributed by atoms with Gasteiger partial charge in [-0.2, -0.15) is 0 Å². The third-order valence-electron chi connectivity index (χ3n) is 2.97. The standard InChI is InChI=1S/C15H14BrCl2NO2/c1-20-13-6-9(10(16)7-14(13)21-2)8-19-12-5-3-4-11(17)15(12)18/h3-7,19H,8H2,1-2H3. The second kappa shape index (κ2) is 7.25. The van der Waals surface area contributed by atoms with E-state index in [0.29, 0.717) is 28.1 Å². The molecule has 0 fully saturated rings. The van der Waals surface area contributed by atoms with Crippen LogP contribution < -0.4 is 14.8 Å². The van der Waals surface area contributed by atoms with Crippen LogP contribution in [0.3, 0.4) is 0 Å². The molecule has 2 aromatic rings. The van der Waals surface area contributed by atoms with Crippen molar-refractivity contribution in [2.45, 2.75) is 6.54 Å². The van der Waals surface area contributed by atoms with E-state index < -0.39 is 0 Å². The molecule has 0 aromatic heterocycles. The van der Waals surface area contributed by atoms with Crippen molar-refractivity contribution in [1.29, 1.82) is 0 Å². The van der Waals surface area contributed by atoms with Crippen LogP contribution in [0.1, 0.15) is 5.56 Å². The molecule has 0 spiro atoms. The lowest BCUT2D eigenvalue weighted by molar-refractivity contribution is 0.354. The fraction of sp³-hybridized carbons (Fsp3) is 0.200. The predicted molar refractivity (Wildman–Crippen MR) is 91.0 cm³/mol. The van der Waals surface area contributed by atoms with E-state index in [1.807, 2.05) is 24.3 Å². The highest BCUT2D eigenvalue weighted by atomic mass is 79.9. The molecule has 6 heteroatoms. The van der Waals surface area contributed by atoms with Gasteiger partial charge in [-0.05, 0) is 29.8 Å². The molecular weight excluding hydrogens is 377 g/mol. The molecule has 0 unspecified atom stereocenters. The van der Waals surface area contributed by atoms with E-state index in [9.17, 15) is 0 Å². The van der Waals surface area contributed by atoms with Gasteiger partial charge in [-0.1, -0.05) is 45.2 Å². The summed E-state index contributed by atoms with van der Waals surface area (Å²) >= 11 is 15.7. The van der Waals surface area contributed by atoms with Gasteiger partial charge in [0.05, 0.1) is 30.0 Å². The summed E-state index contributed by atoms with van der Waals surface area (Å²) in [6, 6.07) is 9.26. The molecule has 1 N–H and O–H groups in total. The van der Waals surface area contributed by atoms with Crippen LogP contribution in [0.25, 0.3) is 0 Å². The van der Waals surface area contributed by atoms with Gasteiger partial charge in [0.25, 0.3) is 0 Å². The highest BCUT2D eigenvalue weighted by molar-refractivity contribution is 9.10. The smallest absolute Gasteiger partial charge is 0.161 e. The highest BCUT2D eigenvalue weighted by Gasteiger charge is 2.10. The molecule has 112 valence electrons. The second-order valence-corrected chi connectivity index (χ2v) is 5.89. The quantitative estimate of drug-likeness (QED) is 0.742. The van der Waals surface area contributed by atoms with E-state index >= 15 is 0 Å². The van der Waals surface area contributed by atoms with E-state index in [4.69, 9.17) is 32.7 Å². The Kier molecular flexibility index (Phi) is 5.62. The Morgan fingerprint density at radius 2 is 1.76 bits per heavy atom. The van der Waals surface area contributed by atoms with Crippen LogP contribution in [0.4, 0.5) is 5.69 Å². The summed E-state index contributed by atoms with van der Waals surface area (Å²) < 4.78 is 11.5. The summed E-state index contributed by atoms with van der Waals surface area (Å²) in [5.74, 6) is 1.35. The lowest BCUT2D eigenvalue weighted by Gasteiger charge is -2.14. The zero-order valence-corrected chi connectivity index (χ0v) is 14.6. The molecule has 2 aromatic carbocycles. The van der Waals surface area contributed by atoms with Crippen LogP contribution in [-0.4, -0.2) is 14.2 Å². The van der Waals surface area contributed by atoms with E-state index in [1.54, 1.807) is 20.3 Å². The fourth-order valence-electron chi connectivity index (χ4n) is 1.86. The summed E-state index contributed by atoms with van der Waals surface area (Å²) in [7, 11) is 3.21. The summed E-state index contributed by atoms with van der Waals surface area (Å²) in [5.41, 5.74) is 1.80. The minimum atomic E-state index is 0.510. The Bertz CT molecular complexity index is 650. The van der Waals surface area contributed by atoms with Crippen LogP contribution in [0, 0.1) is 0 Å². The Morgan fingerprint density at radius 3 is 2.43 bits per heavy atom. The molecule has 3 nitrogen and oxygen atoms in total. The molecule has 0 aliphatic carbocycles. The number of hydrogen-bond acceptors (Lipinski definition) is 3. The SMILES string of the molecule is COc1cc(Br)c(CNc2cccc(Cl)c2Cl)cc1OC. The minimum Gasteiger partial charge on any atom is -0.493 e. The number of hydrogen-bond donors (Lipinski definition) is 1. The molecule has 0 heterocycles. The summed E-state index contributed by atoms with van der Waals surface area (Å²) in [5, 5.41) is 4.29. The Morgan fingerprint density at radius 1 is 1.10 bits per heavy atom. The Balaban J connectivity index is 2.22. The van der Waals surface area contributed by atoms with Crippen molar-refractivity contribution in [2.75, 3.05) is 19.5 Å². The van der Waals surface area contributed by atoms with Gasteiger partial charge in [0.2, 0.25) is 0 Å². The zero-order chi connectivity index (χ0) is 15.4. The van der Waals surface area contributed by atoms with Gasteiger partial charge in [0.15, 0.2) is 11.5 Å². The maximum Gasteiger partial charge on any atom is 0.161 e. The average molecular weight is 391 g/mol. The molecule has 0 aliphatic rings. The zero-order valence-electron chi connectivity index (χ0n) is 11.5. The molecule has 0 aliphatic heterocycles. The molecule has 21 heavy (non-hydrogen) atoms.